The summed E-state index contributed by atoms with van der Waals surface area (Å²) >= 11 is 0. The number of fused-ring (bicyclic) bond motifs is 1. The van der Waals surface area contributed by atoms with Gasteiger partial charge in [-0.05, 0) is 31.5 Å². The van der Waals surface area contributed by atoms with Gasteiger partial charge in [-0.3, -0.25) is 4.90 Å². The molecule has 6 nitrogen and oxygen atoms in total. The maximum absolute atomic E-state index is 10.3. The quantitative estimate of drug-likeness (QED) is 0.905. The molecular formula is C20H28N4O2. The number of hydrogen-bond donors (Lipinski definition) is 1. The third kappa shape index (κ3) is 3.29. The number of nitrogens with zero attached hydrogens (tertiary/aromatic N) is 4. The number of benzene rings is 1. The Kier molecular flexibility index (Phi) is 5.07. The molecule has 2 fully saturated rings. The van der Waals surface area contributed by atoms with Gasteiger partial charge in [0.25, 0.3) is 0 Å². The number of piperidine rings is 1. The minimum absolute atomic E-state index is 0.0672. The van der Waals surface area contributed by atoms with Crippen LogP contribution in [0, 0.1) is 0 Å². The zero-order chi connectivity index (χ0) is 18.1. The van der Waals surface area contributed by atoms with Crippen molar-refractivity contribution < 1.29 is 9.84 Å². The summed E-state index contributed by atoms with van der Waals surface area (Å²) < 4.78 is 6.00. The van der Waals surface area contributed by atoms with Gasteiger partial charge in [0.05, 0.1) is 24.4 Å². The van der Waals surface area contributed by atoms with Crippen LogP contribution in [-0.4, -0.2) is 66.5 Å². The van der Waals surface area contributed by atoms with Gasteiger partial charge in [0.1, 0.15) is 11.9 Å². The molecule has 26 heavy (non-hydrogen) atoms. The monoisotopic (exact) mass is 356 g/mol. The summed E-state index contributed by atoms with van der Waals surface area (Å²) in [6.07, 6.45) is 5.27. The molecule has 4 rings (SSSR count). The first kappa shape index (κ1) is 17.6. The van der Waals surface area contributed by atoms with Crippen LogP contribution in [0.25, 0.3) is 5.70 Å². The zero-order valence-corrected chi connectivity index (χ0v) is 15.6. The van der Waals surface area contributed by atoms with E-state index in [9.17, 15) is 5.11 Å². The molecule has 0 spiro atoms. The molecule has 3 aliphatic rings. The van der Waals surface area contributed by atoms with Crippen molar-refractivity contribution in [3.63, 3.8) is 0 Å². The van der Waals surface area contributed by atoms with Gasteiger partial charge in [-0.1, -0.05) is 25.1 Å². The first-order chi connectivity index (χ1) is 12.7. The van der Waals surface area contributed by atoms with Gasteiger partial charge in [0.2, 0.25) is 0 Å². The number of likely N-dealkylation sites (N-methyl/N-ethyl adjacent to an activating group) is 1. The van der Waals surface area contributed by atoms with Crippen molar-refractivity contribution in [2.45, 2.75) is 44.5 Å². The fourth-order valence-corrected chi connectivity index (χ4v) is 4.39. The minimum atomic E-state index is 0.0672. The van der Waals surface area contributed by atoms with E-state index < -0.39 is 0 Å². The number of morpholine rings is 1. The molecule has 6 heteroatoms. The van der Waals surface area contributed by atoms with Crippen LogP contribution in [0.1, 0.15) is 30.9 Å². The van der Waals surface area contributed by atoms with E-state index in [-0.39, 0.29) is 11.9 Å². The number of phenolic OH excluding ortho intramolecular Hbond substituents is 1. The zero-order valence-electron chi connectivity index (χ0n) is 15.6. The Morgan fingerprint density at radius 2 is 2.19 bits per heavy atom. The Balaban J connectivity index is 1.52. The normalized spacial score (nSPS) is 30.1. The van der Waals surface area contributed by atoms with Crippen LogP contribution in [0.4, 0.5) is 0 Å². The first-order valence-corrected chi connectivity index (χ1v) is 9.65. The fraction of sp³-hybridized carbons (Fsp3) is 0.600. The Hall–Kier alpha value is -1.76. The van der Waals surface area contributed by atoms with Crippen molar-refractivity contribution in [3.8, 4) is 5.75 Å². The van der Waals surface area contributed by atoms with Crippen LogP contribution in [-0.2, 0) is 11.2 Å². The van der Waals surface area contributed by atoms with E-state index in [1.54, 1.807) is 6.07 Å². The molecular weight excluding hydrogens is 328 g/mol. The lowest BCUT2D eigenvalue weighted by Gasteiger charge is -2.48. The third-order valence-electron chi connectivity index (χ3n) is 5.80. The summed E-state index contributed by atoms with van der Waals surface area (Å²) in [5.41, 5.74) is 2.73. The van der Waals surface area contributed by atoms with Crippen LogP contribution in [0.15, 0.2) is 34.5 Å². The second-order valence-electron chi connectivity index (χ2n) is 7.45. The van der Waals surface area contributed by atoms with E-state index in [1.165, 1.54) is 0 Å². The van der Waals surface area contributed by atoms with Crippen LogP contribution in [0.2, 0.25) is 0 Å². The Labute approximate surface area is 155 Å². The summed E-state index contributed by atoms with van der Waals surface area (Å²) in [5.74, 6) is 0.286. The molecule has 1 N–H and O–H groups in total. The van der Waals surface area contributed by atoms with E-state index in [1.807, 2.05) is 12.1 Å². The summed E-state index contributed by atoms with van der Waals surface area (Å²) in [4.78, 5) is 4.84. The van der Waals surface area contributed by atoms with Crippen molar-refractivity contribution in [1.29, 1.82) is 0 Å². The highest BCUT2D eigenvalue weighted by atomic mass is 16.5. The van der Waals surface area contributed by atoms with Gasteiger partial charge in [-0.2, -0.15) is 10.2 Å². The maximum atomic E-state index is 10.3. The molecule has 1 aromatic carbocycles. The summed E-state index contributed by atoms with van der Waals surface area (Å²) in [6.45, 7) is 5.88. The molecule has 0 amide bonds. The molecule has 1 aromatic rings. The second kappa shape index (κ2) is 7.47. The number of aryl methyl sites for hydroxylation is 1. The standard InChI is InChI=1S/C20H28N4O2/c1-3-14-5-4-6-17(25)20(14)15-7-8-19(22-21-15)24-11-12-26-18-9-10-23(2)13-16(18)24/h4-7,16,18-19,25H,3,8-13H2,1-2H3/t16-,18+,19?/m0/s1. The second-order valence-corrected chi connectivity index (χ2v) is 7.45. The molecule has 0 aliphatic carbocycles. The van der Waals surface area contributed by atoms with E-state index in [2.05, 4.69) is 40.1 Å². The van der Waals surface area contributed by atoms with Crippen molar-refractivity contribution in [3.05, 3.63) is 35.4 Å². The number of hydrogen-bond acceptors (Lipinski definition) is 6. The molecule has 3 heterocycles. The average Bonchev–Trinajstić information content (AvgIpc) is 2.67. The first-order valence-electron chi connectivity index (χ1n) is 9.65. The summed E-state index contributed by atoms with van der Waals surface area (Å²) in [6, 6.07) is 6.04. The molecule has 0 saturated carbocycles. The number of aromatic hydroxyl groups is 1. The Morgan fingerprint density at radius 3 is 2.96 bits per heavy atom. The van der Waals surface area contributed by atoms with Crippen molar-refractivity contribution in [2.75, 3.05) is 33.3 Å². The number of ether oxygens (including phenoxy) is 1. The Bertz CT molecular complexity index is 718. The van der Waals surface area contributed by atoms with Crippen molar-refractivity contribution in [2.24, 2.45) is 10.2 Å². The molecule has 0 bridgehead atoms. The number of azo groups is 1. The summed E-state index contributed by atoms with van der Waals surface area (Å²) in [5, 5.41) is 19.5. The van der Waals surface area contributed by atoms with Crippen molar-refractivity contribution >= 4 is 5.70 Å². The third-order valence-corrected chi connectivity index (χ3v) is 5.80. The van der Waals surface area contributed by atoms with Crippen LogP contribution in [0.3, 0.4) is 0 Å². The minimum Gasteiger partial charge on any atom is -0.507 e. The van der Waals surface area contributed by atoms with Gasteiger partial charge in [0.15, 0.2) is 0 Å². The smallest absolute Gasteiger partial charge is 0.127 e. The molecule has 2 saturated heterocycles. The lowest BCUT2D eigenvalue weighted by Crippen LogP contribution is -2.61. The predicted octanol–water partition coefficient (Wildman–Crippen LogP) is 2.88. The lowest BCUT2D eigenvalue weighted by atomic mass is 9.97. The topological polar surface area (TPSA) is 60.7 Å². The van der Waals surface area contributed by atoms with E-state index in [0.717, 1.165) is 62.3 Å². The molecule has 0 radical (unpaired) electrons. The van der Waals surface area contributed by atoms with Crippen LogP contribution >= 0.6 is 0 Å². The van der Waals surface area contributed by atoms with Gasteiger partial charge in [-0.25, -0.2) is 0 Å². The predicted molar refractivity (Wildman–Crippen MR) is 101 cm³/mol. The number of phenols is 1. The Morgan fingerprint density at radius 1 is 1.31 bits per heavy atom. The van der Waals surface area contributed by atoms with Crippen LogP contribution < -0.4 is 0 Å². The highest BCUT2D eigenvalue weighted by molar-refractivity contribution is 5.72. The highest BCUT2D eigenvalue weighted by Crippen LogP contribution is 2.34. The van der Waals surface area contributed by atoms with Gasteiger partial charge in [-0.15, -0.1) is 0 Å². The maximum Gasteiger partial charge on any atom is 0.127 e. The molecule has 140 valence electrons. The molecule has 3 aliphatic heterocycles. The van der Waals surface area contributed by atoms with E-state index in [4.69, 9.17) is 4.74 Å². The SMILES string of the molecule is CCc1cccc(O)c1C1=CCC(N2CCO[C@@H]3CCN(C)C[C@@H]32)N=N1. The largest absolute Gasteiger partial charge is 0.507 e. The van der Waals surface area contributed by atoms with E-state index >= 15 is 0 Å². The fourth-order valence-electron chi connectivity index (χ4n) is 4.39. The van der Waals surface area contributed by atoms with E-state index in [0.29, 0.717) is 12.1 Å². The lowest BCUT2D eigenvalue weighted by molar-refractivity contribution is -0.113. The van der Waals surface area contributed by atoms with Gasteiger partial charge in [0, 0.05) is 31.6 Å². The van der Waals surface area contributed by atoms with Gasteiger partial charge >= 0.3 is 0 Å². The highest BCUT2D eigenvalue weighted by Gasteiger charge is 2.39. The van der Waals surface area contributed by atoms with Gasteiger partial charge < -0.3 is 14.7 Å². The number of likely N-dealkylation sites (tertiary alicyclic amines) is 1. The van der Waals surface area contributed by atoms with Crippen molar-refractivity contribution in [1.82, 2.24) is 9.80 Å². The summed E-state index contributed by atoms with van der Waals surface area (Å²) in [7, 11) is 2.17. The molecule has 3 atom stereocenters. The van der Waals surface area contributed by atoms with Crippen LogP contribution in [0.5, 0.6) is 5.75 Å². The molecule has 1 unspecified atom stereocenters. The average molecular weight is 356 g/mol. The number of rotatable bonds is 3. The molecule has 0 aromatic heterocycles.